The van der Waals surface area contributed by atoms with Crippen molar-refractivity contribution in [2.45, 2.75) is 38.6 Å². The topological polar surface area (TPSA) is 49.8 Å². The maximum Gasteiger partial charge on any atom is 0.136 e. The second kappa shape index (κ2) is 6.71. The predicted octanol–water partition coefficient (Wildman–Crippen LogP) is 5.19. The van der Waals surface area contributed by atoms with E-state index in [4.69, 9.17) is 23.2 Å². The highest BCUT2D eigenvalue weighted by molar-refractivity contribution is 6.43. The van der Waals surface area contributed by atoms with Crippen LogP contribution in [0.3, 0.4) is 0 Å². The first-order chi connectivity index (χ1) is 10.6. The molecule has 0 aliphatic heterocycles. The van der Waals surface area contributed by atoms with Gasteiger partial charge in [0.25, 0.3) is 0 Å². The lowest BCUT2D eigenvalue weighted by Gasteiger charge is -2.15. The molecule has 4 nitrogen and oxygen atoms in total. The minimum absolute atomic E-state index is 0.491. The number of benzene rings is 1. The Hall–Kier alpha value is -1.52. The zero-order valence-corrected chi connectivity index (χ0v) is 13.9. The first kappa shape index (κ1) is 15.4. The van der Waals surface area contributed by atoms with Crippen molar-refractivity contribution in [2.75, 3.05) is 10.6 Å². The van der Waals surface area contributed by atoms with Crippen molar-refractivity contribution in [2.24, 2.45) is 0 Å². The van der Waals surface area contributed by atoms with E-state index in [0.29, 0.717) is 27.7 Å². The Morgan fingerprint density at radius 3 is 2.59 bits per heavy atom. The van der Waals surface area contributed by atoms with Crippen LogP contribution in [-0.2, 0) is 0 Å². The molecule has 1 aromatic heterocycles. The lowest BCUT2D eigenvalue weighted by molar-refractivity contribution is 0.748. The smallest absolute Gasteiger partial charge is 0.136 e. The number of halogens is 2. The number of nitrogens with one attached hydrogen (secondary N) is 2. The molecule has 22 heavy (non-hydrogen) atoms. The molecule has 0 amide bonds. The average Bonchev–Trinajstić information content (AvgIpc) is 2.96. The molecule has 0 atom stereocenters. The van der Waals surface area contributed by atoms with Gasteiger partial charge in [0, 0.05) is 12.1 Å². The molecule has 0 bridgehead atoms. The Bertz CT molecular complexity index is 669. The van der Waals surface area contributed by atoms with Crippen molar-refractivity contribution in [3.05, 3.63) is 40.1 Å². The molecule has 0 saturated heterocycles. The summed E-state index contributed by atoms with van der Waals surface area (Å²) < 4.78 is 0. The van der Waals surface area contributed by atoms with E-state index in [-0.39, 0.29) is 0 Å². The lowest BCUT2D eigenvalue weighted by Crippen LogP contribution is -2.16. The third-order valence-corrected chi connectivity index (χ3v) is 4.58. The molecule has 0 radical (unpaired) electrons. The molecular weight excluding hydrogens is 319 g/mol. The fraction of sp³-hybridized carbons (Fsp3) is 0.375. The molecule has 1 aliphatic rings. The summed E-state index contributed by atoms with van der Waals surface area (Å²) in [7, 11) is 0. The quantitative estimate of drug-likeness (QED) is 0.806. The number of hydrogen-bond acceptors (Lipinski definition) is 4. The van der Waals surface area contributed by atoms with Gasteiger partial charge in [-0.05, 0) is 31.9 Å². The second-order valence-electron chi connectivity index (χ2n) is 5.54. The standard InChI is InChI=1S/C16H18Cl2N4/c1-10-19-14(21-11-5-2-3-6-11)9-15(20-10)22-13-8-4-7-12(17)16(13)18/h4,7-9,11H,2-3,5-6H2,1H3,(H2,19,20,21,22). The highest BCUT2D eigenvalue weighted by Crippen LogP contribution is 2.31. The fourth-order valence-corrected chi connectivity index (χ4v) is 3.07. The number of aromatic nitrogens is 2. The van der Waals surface area contributed by atoms with Gasteiger partial charge in [-0.1, -0.05) is 42.1 Å². The highest BCUT2D eigenvalue weighted by Gasteiger charge is 2.15. The summed E-state index contributed by atoms with van der Waals surface area (Å²) in [6, 6.07) is 7.89. The summed E-state index contributed by atoms with van der Waals surface area (Å²) in [6.07, 6.45) is 4.97. The maximum atomic E-state index is 6.21. The van der Waals surface area contributed by atoms with Crippen LogP contribution in [0, 0.1) is 6.92 Å². The van der Waals surface area contributed by atoms with Gasteiger partial charge in [0.15, 0.2) is 0 Å². The number of hydrogen-bond donors (Lipinski definition) is 2. The normalized spacial score (nSPS) is 15.0. The molecule has 2 aromatic rings. The van der Waals surface area contributed by atoms with Crippen LogP contribution in [0.4, 0.5) is 17.3 Å². The molecule has 1 aromatic carbocycles. The first-order valence-electron chi connectivity index (χ1n) is 7.45. The zero-order chi connectivity index (χ0) is 15.5. The first-order valence-corrected chi connectivity index (χ1v) is 8.20. The number of nitrogens with zero attached hydrogens (tertiary/aromatic N) is 2. The Kier molecular flexibility index (Phi) is 4.69. The lowest BCUT2D eigenvalue weighted by atomic mass is 10.2. The van der Waals surface area contributed by atoms with Crippen molar-refractivity contribution in [1.82, 2.24) is 9.97 Å². The Morgan fingerprint density at radius 2 is 1.82 bits per heavy atom. The summed E-state index contributed by atoms with van der Waals surface area (Å²) in [5.74, 6) is 2.26. The average molecular weight is 337 g/mol. The summed E-state index contributed by atoms with van der Waals surface area (Å²) >= 11 is 12.2. The van der Waals surface area contributed by atoms with Gasteiger partial charge in [0.05, 0.1) is 15.7 Å². The molecule has 3 rings (SSSR count). The van der Waals surface area contributed by atoms with Gasteiger partial charge in [0.2, 0.25) is 0 Å². The Balaban J connectivity index is 1.81. The molecule has 0 spiro atoms. The van der Waals surface area contributed by atoms with E-state index < -0.39 is 0 Å². The fourth-order valence-electron chi connectivity index (χ4n) is 2.72. The van der Waals surface area contributed by atoms with Crippen molar-refractivity contribution in [3.8, 4) is 0 Å². The number of aryl methyl sites for hydroxylation is 1. The molecule has 0 unspecified atom stereocenters. The van der Waals surface area contributed by atoms with Gasteiger partial charge in [-0.2, -0.15) is 0 Å². The zero-order valence-electron chi connectivity index (χ0n) is 12.4. The molecule has 1 fully saturated rings. The van der Waals surface area contributed by atoms with E-state index in [0.717, 1.165) is 11.5 Å². The van der Waals surface area contributed by atoms with E-state index >= 15 is 0 Å². The van der Waals surface area contributed by atoms with Crippen LogP contribution in [0.15, 0.2) is 24.3 Å². The minimum Gasteiger partial charge on any atom is -0.367 e. The Labute approximate surface area is 140 Å². The van der Waals surface area contributed by atoms with Gasteiger partial charge in [-0.15, -0.1) is 0 Å². The number of anilines is 3. The maximum absolute atomic E-state index is 6.21. The molecule has 1 heterocycles. The van der Waals surface area contributed by atoms with Crippen LogP contribution in [0.1, 0.15) is 31.5 Å². The van der Waals surface area contributed by atoms with Gasteiger partial charge >= 0.3 is 0 Å². The third kappa shape index (κ3) is 3.62. The van der Waals surface area contributed by atoms with Crippen LogP contribution < -0.4 is 10.6 Å². The van der Waals surface area contributed by atoms with E-state index in [2.05, 4.69) is 20.6 Å². The van der Waals surface area contributed by atoms with E-state index in [1.54, 1.807) is 6.07 Å². The van der Waals surface area contributed by atoms with Gasteiger partial charge in [0.1, 0.15) is 17.5 Å². The van der Waals surface area contributed by atoms with Crippen LogP contribution in [0.2, 0.25) is 10.0 Å². The second-order valence-corrected chi connectivity index (χ2v) is 6.32. The monoisotopic (exact) mass is 336 g/mol. The molecule has 1 saturated carbocycles. The van der Waals surface area contributed by atoms with Crippen LogP contribution in [0.5, 0.6) is 0 Å². The molecule has 1 aliphatic carbocycles. The minimum atomic E-state index is 0.491. The summed E-state index contributed by atoms with van der Waals surface area (Å²) in [5.41, 5.74) is 0.735. The largest absolute Gasteiger partial charge is 0.367 e. The van der Waals surface area contributed by atoms with Crippen LogP contribution in [-0.4, -0.2) is 16.0 Å². The Morgan fingerprint density at radius 1 is 1.09 bits per heavy atom. The number of rotatable bonds is 4. The summed E-state index contributed by atoms with van der Waals surface area (Å²) in [6.45, 7) is 1.88. The molecule has 2 N–H and O–H groups in total. The van der Waals surface area contributed by atoms with Crippen molar-refractivity contribution in [3.63, 3.8) is 0 Å². The predicted molar refractivity (Wildman–Crippen MR) is 92.4 cm³/mol. The third-order valence-electron chi connectivity index (χ3n) is 3.76. The molecule has 6 heteroatoms. The van der Waals surface area contributed by atoms with Gasteiger partial charge < -0.3 is 10.6 Å². The van der Waals surface area contributed by atoms with Gasteiger partial charge in [-0.25, -0.2) is 9.97 Å². The van der Waals surface area contributed by atoms with Crippen molar-refractivity contribution >= 4 is 40.5 Å². The van der Waals surface area contributed by atoms with Crippen LogP contribution in [0.25, 0.3) is 0 Å². The SMILES string of the molecule is Cc1nc(Nc2cccc(Cl)c2Cl)cc(NC2CCCC2)n1. The molecular formula is C16H18Cl2N4. The van der Waals surface area contributed by atoms with Gasteiger partial charge in [-0.3, -0.25) is 0 Å². The van der Waals surface area contributed by atoms with E-state index in [1.807, 2.05) is 25.1 Å². The van der Waals surface area contributed by atoms with E-state index in [1.165, 1.54) is 25.7 Å². The summed E-state index contributed by atoms with van der Waals surface area (Å²) in [5, 5.41) is 7.70. The van der Waals surface area contributed by atoms with Crippen molar-refractivity contribution in [1.29, 1.82) is 0 Å². The highest BCUT2D eigenvalue weighted by atomic mass is 35.5. The van der Waals surface area contributed by atoms with Crippen molar-refractivity contribution < 1.29 is 0 Å². The van der Waals surface area contributed by atoms with E-state index in [9.17, 15) is 0 Å². The van der Waals surface area contributed by atoms with Crippen LogP contribution >= 0.6 is 23.2 Å². The summed E-state index contributed by atoms with van der Waals surface area (Å²) in [4.78, 5) is 8.87. The molecule has 116 valence electrons.